The molecule has 0 fully saturated rings. The van der Waals surface area contributed by atoms with Gasteiger partial charge in [0.05, 0.1) is 11.4 Å². The van der Waals surface area contributed by atoms with Gasteiger partial charge >= 0.3 is 0 Å². The van der Waals surface area contributed by atoms with Gasteiger partial charge in [0.1, 0.15) is 0 Å². The quantitative estimate of drug-likeness (QED) is 0.354. The zero-order chi connectivity index (χ0) is 21.6. The van der Waals surface area contributed by atoms with Crippen LogP contribution in [-0.4, -0.2) is 30.9 Å². The fourth-order valence-electron chi connectivity index (χ4n) is 2.97. The van der Waals surface area contributed by atoms with E-state index < -0.39 is 0 Å². The van der Waals surface area contributed by atoms with Crippen molar-refractivity contribution in [2.75, 3.05) is 0 Å². The minimum atomic E-state index is -0.261. The summed E-state index contributed by atoms with van der Waals surface area (Å²) in [6.45, 7) is 4.48. The molecule has 0 aliphatic heterocycles. The number of rotatable bonds is 7. The van der Waals surface area contributed by atoms with Gasteiger partial charge in [-0.1, -0.05) is 64.5 Å². The van der Waals surface area contributed by atoms with Gasteiger partial charge in [-0.2, -0.15) is 0 Å². The molecule has 0 bridgehead atoms. The number of nitrogens with zero attached hydrogens (tertiary/aromatic N) is 5. The number of carbonyl (C=O) groups excluding carboxylic acids is 1. The van der Waals surface area contributed by atoms with E-state index in [1.807, 2.05) is 62.4 Å². The third-order valence-electron chi connectivity index (χ3n) is 4.71. The van der Waals surface area contributed by atoms with E-state index in [2.05, 4.69) is 25.6 Å². The maximum atomic E-state index is 12.9. The van der Waals surface area contributed by atoms with E-state index in [9.17, 15) is 4.79 Å². The highest BCUT2D eigenvalue weighted by molar-refractivity contribution is 7.98. The number of carbonyl (C=O) groups is 1. The first kappa shape index (κ1) is 20.7. The Morgan fingerprint density at radius 1 is 0.968 bits per heavy atom. The first-order valence-electron chi connectivity index (χ1n) is 9.85. The predicted molar refractivity (Wildman–Crippen MR) is 120 cm³/mol. The number of aryl methyl sites for hydroxylation is 2. The average molecular weight is 431 g/mol. The average Bonchev–Trinajstić information content (AvgIpc) is 3.22. The van der Waals surface area contributed by atoms with Gasteiger partial charge in [0, 0.05) is 24.7 Å². The van der Waals surface area contributed by atoms with E-state index in [1.54, 1.807) is 23.1 Å². The fraction of sp³-hybridized carbons (Fsp3) is 0.174. The van der Waals surface area contributed by atoms with Crippen LogP contribution >= 0.6 is 11.8 Å². The first-order valence-corrected chi connectivity index (χ1v) is 10.8. The molecule has 8 heteroatoms. The van der Waals surface area contributed by atoms with Crippen molar-refractivity contribution in [3.63, 3.8) is 0 Å². The number of benzene rings is 2. The largest absolute Gasteiger partial charge is 0.347 e. The minimum absolute atomic E-state index is 0.261. The number of hydrogen-bond donors (Lipinski definition) is 1. The Morgan fingerprint density at radius 2 is 1.61 bits per heavy atom. The van der Waals surface area contributed by atoms with Crippen LogP contribution in [0.2, 0.25) is 0 Å². The Hall–Kier alpha value is -3.52. The molecule has 31 heavy (non-hydrogen) atoms. The molecule has 0 atom stereocenters. The Morgan fingerprint density at radius 3 is 2.29 bits per heavy atom. The topological polar surface area (TPSA) is 85.6 Å². The lowest BCUT2D eigenvalue weighted by atomic mass is 10.1. The van der Waals surface area contributed by atoms with Crippen molar-refractivity contribution >= 4 is 17.7 Å². The lowest BCUT2D eigenvalue weighted by molar-refractivity contribution is 0.0945. The van der Waals surface area contributed by atoms with E-state index in [0.717, 1.165) is 16.8 Å². The van der Waals surface area contributed by atoms with Gasteiger partial charge < -0.3 is 5.32 Å². The number of amides is 1. The molecule has 7 nitrogen and oxygen atoms in total. The SMILES string of the molecule is Cc1ccc(CNC(=O)c2nnn(-c3ccc(C)cc3)c2CSc2ncccn2)cc1. The summed E-state index contributed by atoms with van der Waals surface area (Å²) in [4.78, 5) is 21.5. The molecule has 0 aliphatic rings. The summed E-state index contributed by atoms with van der Waals surface area (Å²) in [5, 5.41) is 12.0. The minimum Gasteiger partial charge on any atom is -0.347 e. The molecule has 2 aromatic carbocycles. The van der Waals surface area contributed by atoms with Gasteiger partial charge in [0.2, 0.25) is 0 Å². The van der Waals surface area contributed by atoms with E-state index in [-0.39, 0.29) is 5.91 Å². The normalized spacial score (nSPS) is 10.8. The number of nitrogens with one attached hydrogen (secondary N) is 1. The van der Waals surface area contributed by atoms with Crippen molar-refractivity contribution in [3.8, 4) is 5.69 Å². The van der Waals surface area contributed by atoms with Gasteiger partial charge in [0.25, 0.3) is 5.91 Å². The summed E-state index contributed by atoms with van der Waals surface area (Å²) in [7, 11) is 0. The summed E-state index contributed by atoms with van der Waals surface area (Å²) in [5.74, 6) is 0.196. The summed E-state index contributed by atoms with van der Waals surface area (Å²) in [6, 6.07) is 17.8. The second-order valence-corrected chi connectivity index (χ2v) is 8.06. The number of thioether (sulfide) groups is 1. The molecule has 4 aromatic rings. The van der Waals surface area contributed by atoms with Gasteiger partial charge in [0.15, 0.2) is 10.9 Å². The van der Waals surface area contributed by atoms with Crippen LogP contribution < -0.4 is 5.32 Å². The molecule has 0 spiro atoms. The smallest absolute Gasteiger partial charge is 0.274 e. The molecule has 2 aromatic heterocycles. The maximum Gasteiger partial charge on any atom is 0.274 e. The second-order valence-electron chi connectivity index (χ2n) is 7.12. The van der Waals surface area contributed by atoms with E-state index >= 15 is 0 Å². The van der Waals surface area contributed by atoms with Crippen LogP contribution in [0.4, 0.5) is 0 Å². The van der Waals surface area contributed by atoms with Crippen LogP contribution in [0.1, 0.15) is 32.9 Å². The molecule has 1 N–H and O–H groups in total. The van der Waals surface area contributed by atoms with Crippen LogP contribution in [0.15, 0.2) is 72.1 Å². The molecule has 0 unspecified atom stereocenters. The van der Waals surface area contributed by atoms with Crippen molar-refractivity contribution in [3.05, 3.63) is 95.1 Å². The number of hydrogen-bond acceptors (Lipinski definition) is 6. The Bertz CT molecular complexity index is 1160. The van der Waals surface area contributed by atoms with Gasteiger partial charge in [-0.15, -0.1) is 5.10 Å². The summed E-state index contributed by atoms with van der Waals surface area (Å²) in [5.41, 5.74) is 5.20. The Kier molecular flexibility index (Phi) is 6.37. The summed E-state index contributed by atoms with van der Waals surface area (Å²) >= 11 is 1.43. The lowest BCUT2D eigenvalue weighted by Gasteiger charge is -2.09. The van der Waals surface area contributed by atoms with Crippen LogP contribution in [0.25, 0.3) is 5.69 Å². The molecule has 1 amide bonds. The van der Waals surface area contributed by atoms with Crippen molar-refractivity contribution < 1.29 is 4.79 Å². The molecule has 0 aliphatic carbocycles. The van der Waals surface area contributed by atoms with E-state index in [0.29, 0.717) is 28.8 Å². The summed E-state index contributed by atoms with van der Waals surface area (Å²) < 4.78 is 1.70. The van der Waals surface area contributed by atoms with Crippen LogP contribution in [-0.2, 0) is 12.3 Å². The Labute approximate surface area is 184 Å². The van der Waals surface area contributed by atoms with Crippen LogP contribution in [0.3, 0.4) is 0 Å². The van der Waals surface area contributed by atoms with Crippen molar-refractivity contribution in [2.24, 2.45) is 0 Å². The van der Waals surface area contributed by atoms with Crippen molar-refractivity contribution in [1.29, 1.82) is 0 Å². The maximum absolute atomic E-state index is 12.9. The zero-order valence-corrected chi connectivity index (χ0v) is 18.1. The third-order valence-corrected chi connectivity index (χ3v) is 5.60. The zero-order valence-electron chi connectivity index (χ0n) is 17.3. The molecule has 0 radical (unpaired) electrons. The molecule has 0 saturated heterocycles. The highest BCUT2D eigenvalue weighted by Crippen LogP contribution is 2.23. The molecule has 156 valence electrons. The lowest BCUT2D eigenvalue weighted by Crippen LogP contribution is -2.24. The fourth-order valence-corrected chi connectivity index (χ4v) is 3.76. The molecular weight excluding hydrogens is 408 g/mol. The molecule has 4 rings (SSSR count). The summed E-state index contributed by atoms with van der Waals surface area (Å²) in [6.07, 6.45) is 3.39. The standard InChI is InChI=1S/C23H22N6OS/c1-16-4-8-18(9-5-16)14-26-22(30)21-20(15-31-23-24-12-3-13-25-23)29(28-27-21)19-10-6-17(2)7-11-19/h3-13H,14-15H2,1-2H3,(H,26,30). The predicted octanol–water partition coefficient (Wildman–Crippen LogP) is 3.90. The third kappa shape index (κ3) is 5.16. The Balaban J connectivity index is 1.58. The molecule has 0 saturated carbocycles. The van der Waals surface area contributed by atoms with E-state index in [1.165, 1.54) is 17.3 Å². The highest BCUT2D eigenvalue weighted by atomic mass is 32.2. The monoisotopic (exact) mass is 430 g/mol. The highest BCUT2D eigenvalue weighted by Gasteiger charge is 2.21. The van der Waals surface area contributed by atoms with Crippen LogP contribution in [0, 0.1) is 13.8 Å². The van der Waals surface area contributed by atoms with Gasteiger partial charge in [-0.3, -0.25) is 4.79 Å². The van der Waals surface area contributed by atoms with Gasteiger partial charge in [-0.05, 0) is 37.6 Å². The first-order chi connectivity index (χ1) is 15.1. The van der Waals surface area contributed by atoms with Crippen LogP contribution in [0.5, 0.6) is 0 Å². The van der Waals surface area contributed by atoms with Crippen molar-refractivity contribution in [1.82, 2.24) is 30.3 Å². The molecular formula is C23H22N6OS. The second kappa shape index (κ2) is 9.53. The van der Waals surface area contributed by atoms with Gasteiger partial charge in [-0.25, -0.2) is 14.6 Å². The van der Waals surface area contributed by atoms with Crippen molar-refractivity contribution in [2.45, 2.75) is 31.3 Å². The molecule has 2 heterocycles. The number of aromatic nitrogens is 5. The van der Waals surface area contributed by atoms with E-state index in [4.69, 9.17) is 0 Å².